The second kappa shape index (κ2) is 4.62. The summed E-state index contributed by atoms with van der Waals surface area (Å²) in [5.41, 5.74) is 7.64. The fraction of sp³-hybridized carbons (Fsp3) is 0.278. The molecule has 0 bridgehead atoms. The molecule has 3 nitrogen and oxygen atoms in total. The number of hydrogen-bond donors (Lipinski definition) is 2. The van der Waals surface area contributed by atoms with Gasteiger partial charge in [0.15, 0.2) is 0 Å². The highest BCUT2D eigenvalue weighted by Crippen LogP contribution is 2.34. The maximum Gasteiger partial charge on any atom is 0.256 e. The van der Waals surface area contributed by atoms with Gasteiger partial charge in [-0.05, 0) is 62.4 Å². The highest BCUT2D eigenvalue weighted by Gasteiger charge is 2.24. The quantitative estimate of drug-likeness (QED) is 0.768. The zero-order chi connectivity index (χ0) is 14.4. The van der Waals surface area contributed by atoms with Gasteiger partial charge in [0.1, 0.15) is 0 Å². The summed E-state index contributed by atoms with van der Waals surface area (Å²) in [6, 6.07) is 8.27. The van der Waals surface area contributed by atoms with E-state index in [9.17, 15) is 4.79 Å². The number of rotatable bonds is 1. The number of hydrogen-bond acceptors (Lipinski definition) is 1. The number of carbonyl (C=O) groups excluding carboxylic acids is 1. The molecule has 0 atom stereocenters. The van der Waals surface area contributed by atoms with Crippen LogP contribution in [0.15, 0.2) is 24.3 Å². The molecule has 1 aliphatic carbocycles. The van der Waals surface area contributed by atoms with Gasteiger partial charge in [-0.15, -0.1) is 0 Å². The van der Waals surface area contributed by atoms with E-state index in [0.717, 1.165) is 35.4 Å². The van der Waals surface area contributed by atoms with Crippen molar-refractivity contribution < 1.29 is 4.79 Å². The Labute approximate surface area is 124 Å². The summed E-state index contributed by atoms with van der Waals surface area (Å²) in [4.78, 5) is 15.7. The van der Waals surface area contributed by atoms with Gasteiger partial charge in [0.05, 0.1) is 5.57 Å². The van der Waals surface area contributed by atoms with Crippen molar-refractivity contribution in [3.63, 3.8) is 0 Å². The largest absolute Gasteiger partial charge is 0.359 e. The van der Waals surface area contributed by atoms with Crippen molar-refractivity contribution in [2.24, 2.45) is 0 Å². The normalized spacial score (nSPS) is 18.5. The van der Waals surface area contributed by atoms with E-state index >= 15 is 0 Å². The van der Waals surface area contributed by atoms with Crippen LogP contribution in [-0.4, -0.2) is 10.9 Å². The molecule has 0 unspecified atom stereocenters. The van der Waals surface area contributed by atoms with Crippen molar-refractivity contribution >= 4 is 23.2 Å². The molecule has 3 heteroatoms. The molecule has 0 saturated carbocycles. The Morgan fingerprint density at radius 1 is 1.14 bits per heavy atom. The van der Waals surface area contributed by atoms with Gasteiger partial charge in [0.2, 0.25) is 0 Å². The van der Waals surface area contributed by atoms with E-state index in [1.54, 1.807) is 0 Å². The van der Waals surface area contributed by atoms with Crippen molar-refractivity contribution in [2.75, 3.05) is 5.32 Å². The third-order valence-corrected chi connectivity index (χ3v) is 4.39. The molecule has 1 amide bonds. The lowest BCUT2D eigenvalue weighted by molar-refractivity contribution is -0.110. The molecule has 1 aromatic carbocycles. The summed E-state index contributed by atoms with van der Waals surface area (Å²) >= 11 is 0. The molecule has 0 spiro atoms. The standard InChI is InChI=1S/C18H18N2O/c1-11-6-7-17-14(8-11)15(18(21)20-17)10-13-9-12-4-2-3-5-16(12)19-13/h6-10,19H,2-5H2,1H3,(H,20,21)/b15-10-. The predicted molar refractivity (Wildman–Crippen MR) is 85.1 cm³/mol. The molecule has 0 radical (unpaired) electrons. The van der Waals surface area contributed by atoms with Gasteiger partial charge in [-0.2, -0.15) is 0 Å². The predicted octanol–water partition coefficient (Wildman–Crippen LogP) is 3.69. The smallest absolute Gasteiger partial charge is 0.256 e. The zero-order valence-corrected chi connectivity index (χ0v) is 12.1. The van der Waals surface area contributed by atoms with Crippen molar-refractivity contribution in [2.45, 2.75) is 32.6 Å². The average Bonchev–Trinajstić information content (AvgIpc) is 3.01. The van der Waals surface area contributed by atoms with Crippen LogP contribution < -0.4 is 5.32 Å². The van der Waals surface area contributed by atoms with Crippen molar-refractivity contribution in [1.29, 1.82) is 0 Å². The Bertz CT molecular complexity index is 744. The maximum absolute atomic E-state index is 12.2. The zero-order valence-electron chi connectivity index (χ0n) is 12.1. The number of aromatic amines is 1. The van der Waals surface area contributed by atoms with Gasteiger partial charge in [0.25, 0.3) is 5.91 Å². The third kappa shape index (κ3) is 2.09. The molecule has 2 aliphatic rings. The fourth-order valence-corrected chi connectivity index (χ4v) is 3.31. The third-order valence-electron chi connectivity index (χ3n) is 4.39. The summed E-state index contributed by atoms with van der Waals surface area (Å²) in [6.07, 6.45) is 6.78. The Hall–Kier alpha value is -2.29. The minimum Gasteiger partial charge on any atom is -0.359 e. The van der Waals surface area contributed by atoms with Gasteiger partial charge < -0.3 is 10.3 Å². The summed E-state index contributed by atoms with van der Waals surface area (Å²) in [6.45, 7) is 2.05. The van der Waals surface area contributed by atoms with E-state index in [-0.39, 0.29) is 5.91 Å². The van der Waals surface area contributed by atoms with E-state index in [4.69, 9.17) is 0 Å². The number of anilines is 1. The van der Waals surface area contributed by atoms with Crippen LogP contribution in [0.4, 0.5) is 5.69 Å². The van der Waals surface area contributed by atoms with Crippen molar-refractivity contribution in [3.05, 3.63) is 52.3 Å². The lowest BCUT2D eigenvalue weighted by Crippen LogP contribution is -2.03. The van der Waals surface area contributed by atoms with Gasteiger partial charge in [-0.3, -0.25) is 4.79 Å². The summed E-state index contributed by atoms with van der Waals surface area (Å²) in [5.74, 6) is -0.0110. The van der Waals surface area contributed by atoms with Crippen LogP contribution >= 0.6 is 0 Å². The monoisotopic (exact) mass is 278 g/mol. The molecule has 2 heterocycles. The molecule has 2 N–H and O–H groups in total. The lowest BCUT2D eigenvalue weighted by atomic mass is 9.98. The Balaban J connectivity index is 1.78. The SMILES string of the molecule is Cc1ccc2c(c1)/C(=C/c1cc3c([nH]1)CCCC3)C(=O)N2. The van der Waals surface area contributed by atoms with Gasteiger partial charge in [-0.1, -0.05) is 11.6 Å². The minimum atomic E-state index is -0.0110. The van der Waals surface area contributed by atoms with Crippen LogP contribution in [-0.2, 0) is 17.6 Å². The van der Waals surface area contributed by atoms with E-state index in [2.05, 4.69) is 22.4 Å². The number of aryl methyl sites for hydroxylation is 3. The second-order valence-electron chi connectivity index (χ2n) is 6.00. The van der Waals surface area contributed by atoms with Crippen molar-refractivity contribution in [3.8, 4) is 0 Å². The number of aromatic nitrogens is 1. The van der Waals surface area contributed by atoms with Crippen LogP contribution in [0.2, 0.25) is 0 Å². The average molecular weight is 278 g/mol. The molecule has 4 rings (SSSR count). The first-order chi connectivity index (χ1) is 10.2. The summed E-state index contributed by atoms with van der Waals surface area (Å²) < 4.78 is 0. The molecular formula is C18H18N2O. The van der Waals surface area contributed by atoms with E-state index in [0.29, 0.717) is 0 Å². The Morgan fingerprint density at radius 3 is 2.86 bits per heavy atom. The molecule has 0 fully saturated rings. The number of amides is 1. The van der Waals surface area contributed by atoms with Crippen LogP contribution in [0.25, 0.3) is 11.6 Å². The molecule has 21 heavy (non-hydrogen) atoms. The van der Waals surface area contributed by atoms with E-state index < -0.39 is 0 Å². The lowest BCUT2D eigenvalue weighted by Gasteiger charge is -2.08. The molecule has 1 aliphatic heterocycles. The Kier molecular flexibility index (Phi) is 2.74. The fourth-order valence-electron chi connectivity index (χ4n) is 3.31. The molecule has 0 saturated heterocycles. The van der Waals surface area contributed by atoms with Crippen LogP contribution in [0.1, 0.15) is 40.9 Å². The highest BCUT2D eigenvalue weighted by molar-refractivity contribution is 6.34. The van der Waals surface area contributed by atoms with Gasteiger partial charge in [0, 0.05) is 22.6 Å². The van der Waals surface area contributed by atoms with E-state index in [1.165, 1.54) is 29.7 Å². The minimum absolute atomic E-state index is 0.0110. The van der Waals surface area contributed by atoms with Crippen LogP contribution in [0, 0.1) is 6.92 Å². The second-order valence-corrected chi connectivity index (χ2v) is 6.00. The number of fused-ring (bicyclic) bond motifs is 2. The number of H-pyrrole nitrogens is 1. The van der Waals surface area contributed by atoms with Gasteiger partial charge >= 0.3 is 0 Å². The summed E-state index contributed by atoms with van der Waals surface area (Å²) in [5, 5.41) is 2.94. The topological polar surface area (TPSA) is 44.9 Å². The molecule has 106 valence electrons. The molecule has 1 aromatic heterocycles. The first-order valence-electron chi connectivity index (χ1n) is 7.55. The number of benzene rings is 1. The Morgan fingerprint density at radius 2 is 2.00 bits per heavy atom. The first-order valence-corrected chi connectivity index (χ1v) is 7.55. The van der Waals surface area contributed by atoms with E-state index in [1.807, 2.05) is 25.1 Å². The molecular weight excluding hydrogens is 260 g/mol. The van der Waals surface area contributed by atoms with Crippen molar-refractivity contribution in [1.82, 2.24) is 4.98 Å². The first kappa shape index (κ1) is 12.5. The maximum atomic E-state index is 12.2. The highest BCUT2D eigenvalue weighted by atomic mass is 16.2. The summed E-state index contributed by atoms with van der Waals surface area (Å²) in [7, 11) is 0. The van der Waals surface area contributed by atoms with Crippen LogP contribution in [0.5, 0.6) is 0 Å². The number of nitrogens with one attached hydrogen (secondary N) is 2. The number of carbonyl (C=O) groups is 1. The van der Waals surface area contributed by atoms with Crippen LogP contribution in [0.3, 0.4) is 0 Å². The molecule has 2 aromatic rings. The van der Waals surface area contributed by atoms with Gasteiger partial charge in [-0.25, -0.2) is 0 Å².